The monoisotopic (exact) mass is 253 g/mol. The van der Waals surface area contributed by atoms with Gasteiger partial charge in [0.1, 0.15) is 6.33 Å². The smallest absolute Gasteiger partial charge is 0.356 e. The summed E-state index contributed by atoms with van der Waals surface area (Å²) >= 11 is 0. The number of carbonyl (C=O) groups is 1. The molecule has 5 nitrogen and oxygen atoms in total. The summed E-state index contributed by atoms with van der Waals surface area (Å²) < 4.78 is 1.49. The molecule has 1 aromatic carbocycles. The zero-order chi connectivity index (χ0) is 13.4. The molecule has 0 aliphatic carbocycles. The van der Waals surface area contributed by atoms with Crippen molar-refractivity contribution >= 4 is 11.5 Å². The Morgan fingerprint density at radius 3 is 2.84 bits per heavy atom. The highest BCUT2D eigenvalue weighted by Crippen LogP contribution is 2.19. The number of rotatable bonds is 2. The van der Waals surface area contributed by atoms with E-state index < -0.39 is 5.97 Å². The van der Waals surface area contributed by atoms with Gasteiger partial charge in [0.25, 0.3) is 0 Å². The van der Waals surface area contributed by atoms with Crippen molar-refractivity contribution < 1.29 is 9.90 Å². The molecule has 0 unspecified atom stereocenters. The average Bonchev–Trinajstić information content (AvgIpc) is 2.81. The van der Waals surface area contributed by atoms with E-state index in [1.54, 1.807) is 12.1 Å². The lowest BCUT2D eigenvalue weighted by atomic mass is 10.1. The number of nitrogens with zero attached hydrogens (tertiary/aromatic N) is 3. The SMILES string of the molecule is Cc1cccc(-c2ccc3c(C(=O)O)ncn3n2)c1. The molecule has 1 N–H and O–H groups in total. The maximum Gasteiger partial charge on any atom is 0.356 e. The van der Waals surface area contributed by atoms with Crippen molar-refractivity contribution in [2.45, 2.75) is 6.92 Å². The molecule has 0 saturated carbocycles. The molecular weight excluding hydrogens is 242 g/mol. The van der Waals surface area contributed by atoms with Gasteiger partial charge in [0.2, 0.25) is 0 Å². The van der Waals surface area contributed by atoms with Crippen molar-refractivity contribution in [2.75, 3.05) is 0 Å². The molecule has 0 bridgehead atoms. The van der Waals surface area contributed by atoms with Gasteiger partial charge in [0.05, 0.1) is 11.2 Å². The molecule has 19 heavy (non-hydrogen) atoms. The Labute approximate surface area is 109 Å². The van der Waals surface area contributed by atoms with Gasteiger partial charge >= 0.3 is 5.97 Å². The van der Waals surface area contributed by atoms with Gasteiger partial charge < -0.3 is 5.11 Å². The minimum Gasteiger partial charge on any atom is -0.476 e. The van der Waals surface area contributed by atoms with Crippen molar-refractivity contribution in [3.05, 3.63) is 54.0 Å². The zero-order valence-electron chi connectivity index (χ0n) is 10.2. The molecule has 94 valence electrons. The van der Waals surface area contributed by atoms with E-state index in [0.717, 1.165) is 16.8 Å². The number of hydrogen-bond donors (Lipinski definition) is 1. The van der Waals surface area contributed by atoms with Gasteiger partial charge in [-0.05, 0) is 25.1 Å². The minimum absolute atomic E-state index is 0.0169. The molecule has 0 amide bonds. The van der Waals surface area contributed by atoms with Crippen LogP contribution in [0.15, 0.2) is 42.7 Å². The van der Waals surface area contributed by atoms with Crippen LogP contribution in [0, 0.1) is 6.92 Å². The van der Waals surface area contributed by atoms with Crippen molar-refractivity contribution in [2.24, 2.45) is 0 Å². The largest absolute Gasteiger partial charge is 0.476 e. The first-order valence-electron chi connectivity index (χ1n) is 5.80. The van der Waals surface area contributed by atoms with Gasteiger partial charge in [-0.15, -0.1) is 0 Å². The standard InChI is InChI=1S/C14H11N3O2/c1-9-3-2-4-10(7-9)11-5-6-12-13(14(18)19)15-8-17(12)16-11/h2-8H,1H3,(H,18,19). The number of imidazole rings is 1. The van der Waals surface area contributed by atoms with Crippen LogP contribution >= 0.6 is 0 Å². The second-order valence-corrected chi connectivity index (χ2v) is 4.32. The Morgan fingerprint density at radius 2 is 2.11 bits per heavy atom. The topological polar surface area (TPSA) is 67.5 Å². The number of hydrogen-bond acceptors (Lipinski definition) is 3. The summed E-state index contributed by atoms with van der Waals surface area (Å²) in [6.07, 6.45) is 1.41. The van der Waals surface area contributed by atoms with E-state index in [9.17, 15) is 4.79 Å². The quantitative estimate of drug-likeness (QED) is 0.761. The summed E-state index contributed by atoms with van der Waals surface area (Å²) in [6.45, 7) is 2.02. The van der Waals surface area contributed by atoms with E-state index in [1.165, 1.54) is 10.8 Å². The molecule has 5 heteroatoms. The van der Waals surface area contributed by atoms with Gasteiger partial charge in [-0.1, -0.05) is 23.8 Å². The molecule has 2 heterocycles. The number of carboxylic acid groups (broad SMARTS) is 1. The van der Waals surface area contributed by atoms with Crippen LogP contribution in [0.4, 0.5) is 0 Å². The van der Waals surface area contributed by atoms with Crippen molar-refractivity contribution in [1.29, 1.82) is 0 Å². The maximum atomic E-state index is 11.0. The Kier molecular flexibility index (Phi) is 2.52. The second kappa shape index (κ2) is 4.20. The fourth-order valence-electron chi connectivity index (χ4n) is 2.01. The number of benzene rings is 1. The van der Waals surface area contributed by atoms with Crippen LogP contribution in [0.3, 0.4) is 0 Å². The summed E-state index contributed by atoms with van der Waals surface area (Å²) in [4.78, 5) is 14.8. The van der Waals surface area contributed by atoms with Crippen molar-refractivity contribution in [1.82, 2.24) is 14.6 Å². The van der Waals surface area contributed by atoms with Crippen LogP contribution in [0.25, 0.3) is 16.8 Å². The molecular formula is C14H11N3O2. The Morgan fingerprint density at radius 1 is 1.26 bits per heavy atom. The molecule has 0 aliphatic heterocycles. The van der Waals surface area contributed by atoms with Crippen molar-refractivity contribution in [3.63, 3.8) is 0 Å². The predicted molar refractivity (Wildman–Crippen MR) is 70.1 cm³/mol. The maximum absolute atomic E-state index is 11.0. The highest BCUT2D eigenvalue weighted by atomic mass is 16.4. The van der Waals surface area contributed by atoms with Gasteiger partial charge in [0, 0.05) is 5.56 Å². The Bertz CT molecular complexity index is 777. The third-order valence-electron chi connectivity index (χ3n) is 2.92. The summed E-state index contributed by atoms with van der Waals surface area (Å²) in [5, 5.41) is 13.4. The van der Waals surface area contributed by atoms with E-state index in [4.69, 9.17) is 5.11 Å². The minimum atomic E-state index is -1.05. The summed E-state index contributed by atoms with van der Waals surface area (Å²) in [6, 6.07) is 11.5. The van der Waals surface area contributed by atoms with Gasteiger partial charge in [0.15, 0.2) is 5.69 Å². The molecule has 0 saturated heterocycles. The first kappa shape index (κ1) is 11.4. The molecule has 2 aromatic heterocycles. The molecule has 3 rings (SSSR count). The summed E-state index contributed by atoms with van der Waals surface area (Å²) in [7, 11) is 0. The third kappa shape index (κ3) is 1.95. The van der Waals surface area contributed by atoms with Crippen LogP contribution in [0.2, 0.25) is 0 Å². The lowest BCUT2D eigenvalue weighted by molar-refractivity contribution is 0.0693. The van der Waals surface area contributed by atoms with Crippen molar-refractivity contribution in [3.8, 4) is 11.3 Å². The number of aryl methyl sites for hydroxylation is 1. The highest BCUT2D eigenvalue weighted by Gasteiger charge is 2.12. The first-order valence-corrected chi connectivity index (χ1v) is 5.80. The average molecular weight is 253 g/mol. The predicted octanol–water partition coefficient (Wildman–Crippen LogP) is 2.40. The Hall–Kier alpha value is -2.69. The fraction of sp³-hybridized carbons (Fsp3) is 0.0714. The van der Waals surface area contributed by atoms with E-state index >= 15 is 0 Å². The van der Waals surface area contributed by atoms with Gasteiger partial charge in [-0.2, -0.15) is 5.10 Å². The lowest BCUT2D eigenvalue weighted by Crippen LogP contribution is -1.99. The molecule has 0 aliphatic rings. The molecule has 0 spiro atoms. The van der Waals surface area contributed by atoms with Crippen LogP contribution in [-0.4, -0.2) is 25.7 Å². The van der Waals surface area contributed by atoms with Crippen LogP contribution < -0.4 is 0 Å². The van der Waals surface area contributed by atoms with E-state index in [0.29, 0.717) is 5.52 Å². The highest BCUT2D eigenvalue weighted by molar-refractivity contribution is 5.93. The molecule has 0 atom stereocenters. The second-order valence-electron chi connectivity index (χ2n) is 4.32. The molecule has 0 radical (unpaired) electrons. The lowest BCUT2D eigenvalue weighted by Gasteiger charge is -2.03. The number of aromatic nitrogens is 3. The van der Waals surface area contributed by atoms with Gasteiger partial charge in [-0.25, -0.2) is 14.3 Å². The van der Waals surface area contributed by atoms with Crippen LogP contribution in [0.5, 0.6) is 0 Å². The Balaban J connectivity index is 2.15. The van der Waals surface area contributed by atoms with Crippen LogP contribution in [0.1, 0.15) is 16.1 Å². The van der Waals surface area contributed by atoms with E-state index in [1.807, 2.05) is 31.2 Å². The molecule has 0 fully saturated rings. The number of fused-ring (bicyclic) bond motifs is 1. The van der Waals surface area contributed by atoms with Gasteiger partial charge in [-0.3, -0.25) is 0 Å². The summed E-state index contributed by atoms with van der Waals surface area (Å²) in [5.74, 6) is -1.05. The molecule has 3 aromatic rings. The summed E-state index contributed by atoms with van der Waals surface area (Å²) in [5.41, 5.74) is 3.43. The van der Waals surface area contributed by atoms with E-state index in [2.05, 4.69) is 10.1 Å². The fourth-order valence-corrected chi connectivity index (χ4v) is 2.01. The first-order chi connectivity index (χ1) is 9.15. The van der Waals surface area contributed by atoms with Crippen LogP contribution in [-0.2, 0) is 0 Å². The number of carboxylic acids is 1. The number of aromatic carboxylic acids is 1. The third-order valence-corrected chi connectivity index (χ3v) is 2.92. The normalized spacial score (nSPS) is 10.8. The zero-order valence-corrected chi connectivity index (χ0v) is 10.2. The van der Waals surface area contributed by atoms with E-state index in [-0.39, 0.29) is 5.69 Å².